The first-order valence-corrected chi connectivity index (χ1v) is 16.7. The van der Waals surface area contributed by atoms with Crippen molar-refractivity contribution in [2.45, 2.75) is 64.1 Å². The minimum atomic E-state index is -1.05. The number of ether oxygens (including phenoxy) is 1. The van der Waals surface area contributed by atoms with Gasteiger partial charge in [-0.1, -0.05) is 74.0 Å². The molecule has 0 spiro atoms. The number of hydrogen-bond donors (Lipinski definition) is 2. The van der Waals surface area contributed by atoms with Gasteiger partial charge in [0.25, 0.3) is 5.91 Å². The number of carboxylic acid groups (broad SMARTS) is 1. The zero-order valence-corrected chi connectivity index (χ0v) is 26.7. The summed E-state index contributed by atoms with van der Waals surface area (Å²) in [6.07, 6.45) is 6.93. The minimum Gasteiger partial charge on any atom is -0.482 e. The molecule has 2 N–H and O–H groups in total. The Balaban J connectivity index is 1.41. The molecule has 0 radical (unpaired) electrons. The third-order valence-electron chi connectivity index (χ3n) is 9.46. The number of rotatable bonds is 11. The molecule has 2 aliphatic heterocycles. The average molecular weight is 621 g/mol. The lowest BCUT2D eigenvalue weighted by atomic mass is 9.93. The molecule has 4 aromatic rings. The Kier molecular flexibility index (Phi) is 10.3. The first kappa shape index (κ1) is 31.7. The molecule has 0 bridgehead atoms. The molecule has 0 aliphatic carbocycles. The fourth-order valence-corrected chi connectivity index (χ4v) is 7.05. The van der Waals surface area contributed by atoms with E-state index in [1.807, 2.05) is 66.7 Å². The second-order valence-electron chi connectivity index (χ2n) is 12.5. The Labute approximate surface area is 271 Å². The number of amides is 1. The van der Waals surface area contributed by atoms with Crippen LogP contribution in [0.15, 0.2) is 78.9 Å². The van der Waals surface area contributed by atoms with Gasteiger partial charge in [-0.25, -0.2) is 9.78 Å². The fourth-order valence-electron chi connectivity index (χ4n) is 7.05. The van der Waals surface area contributed by atoms with Crippen LogP contribution in [-0.2, 0) is 11.3 Å². The summed E-state index contributed by atoms with van der Waals surface area (Å²) in [5.41, 5.74) is 4.87. The number of carboxylic acids is 1. The predicted molar refractivity (Wildman–Crippen MR) is 181 cm³/mol. The Morgan fingerprint density at radius 1 is 0.935 bits per heavy atom. The number of likely N-dealkylation sites (tertiary alicyclic amines) is 2. The van der Waals surface area contributed by atoms with Crippen LogP contribution in [0.5, 0.6) is 5.75 Å². The van der Waals surface area contributed by atoms with Crippen LogP contribution in [0.1, 0.15) is 73.0 Å². The summed E-state index contributed by atoms with van der Waals surface area (Å²) in [4.78, 5) is 36.1. The lowest BCUT2D eigenvalue weighted by Crippen LogP contribution is -2.46. The molecule has 46 heavy (non-hydrogen) atoms. The fraction of sp³-hybridized carbons (Fsp3) is 0.395. The monoisotopic (exact) mass is 620 g/mol. The van der Waals surface area contributed by atoms with Crippen LogP contribution in [0.2, 0.25) is 0 Å². The first-order valence-electron chi connectivity index (χ1n) is 16.7. The van der Waals surface area contributed by atoms with Crippen molar-refractivity contribution in [1.82, 2.24) is 20.1 Å². The van der Waals surface area contributed by atoms with Crippen molar-refractivity contribution in [2.75, 3.05) is 32.8 Å². The van der Waals surface area contributed by atoms with E-state index >= 15 is 0 Å². The normalized spacial score (nSPS) is 17.1. The number of pyridine rings is 1. The van der Waals surface area contributed by atoms with Crippen LogP contribution in [0, 0.1) is 0 Å². The van der Waals surface area contributed by atoms with Gasteiger partial charge in [0.1, 0.15) is 5.75 Å². The van der Waals surface area contributed by atoms with E-state index in [9.17, 15) is 14.7 Å². The maximum Gasteiger partial charge on any atom is 0.341 e. The third kappa shape index (κ3) is 7.40. The van der Waals surface area contributed by atoms with E-state index in [1.54, 1.807) is 12.1 Å². The zero-order valence-electron chi connectivity index (χ0n) is 26.7. The summed E-state index contributed by atoms with van der Waals surface area (Å²) in [7, 11) is 0. The number of fused-ring (bicyclic) bond motifs is 1. The second-order valence-corrected chi connectivity index (χ2v) is 12.5. The average Bonchev–Trinajstić information content (AvgIpc) is 3.10. The van der Waals surface area contributed by atoms with Crippen molar-refractivity contribution >= 4 is 22.8 Å². The van der Waals surface area contributed by atoms with Gasteiger partial charge < -0.3 is 20.1 Å². The van der Waals surface area contributed by atoms with Crippen LogP contribution in [0.25, 0.3) is 22.2 Å². The van der Waals surface area contributed by atoms with Crippen molar-refractivity contribution in [3.05, 3.63) is 95.6 Å². The number of benzene rings is 3. The highest BCUT2D eigenvalue weighted by Crippen LogP contribution is 2.34. The molecule has 1 amide bonds. The summed E-state index contributed by atoms with van der Waals surface area (Å²) >= 11 is 0. The van der Waals surface area contributed by atoms with Gasteiger partial charge in [0, 0.05) is 35.2 Å². The third-order valence-corrected chi connectivity index (χ3v) is 9.46. The quantitative estimate of drug-likeness (QED) is 0.193. The van der Waals surface area contributed by atoms with Gasteiger partial charge in [0.2, 0.25) is 0 Å². The minimum absolute atomic E-state index is 0.141. The first-order chi connectivity index (χ1) is 22.5. The number of nitrogens with one attached hydrogen (secondary N) is 1. The SMILES string of the molecule is CC[C@H](NC(=O)c1c(CN2CCC(N3CCCCC3)CC2)c(-c2ccccc2)nc2cc(OCC(=O)O)ccc12)c1ccccc1. The van der Waals surface area contributed by atoms with Crippen molar-refractivity contribution in [2.24, 2.45) is 0 Å². The molecule has 3 heterocycles. The summed E-state index contributed by atoms with van der Waals surface area (Å²) in [6.45, 7) is 6.60. The Morgan fingerprint density at radius 2 is 1.63 bits per heavy atom. The molecule has 0 unspecified atom stereocenters. The highest BCUT2D eigenvalue weighted by atomic mass is 16.5. The van der Waals surface area contributed by atoms with E-state index in [0.717, 1.165) is 60.1 Å². The van der Waals surface area contributed by atoms with Gasteiger partial charge in [-0.05, 0) is 76.0 Å². The number of piperidine rings is 2. The maximum atomic E-state index is 14.5. The van der Waals surface area contributed by atoms with Crippen molar-refractivity contribution in [3.63, 3.8) is 0 Å². The van der Waals surface area contributed by atoms with Crippen molar-refractivity contribution in [3.8, 4) is 17.0 Å². The summed E-state index contributed by atoms with van der Waals surface area (Å²) < 4.78 is 5.52. The van der Waals surface area contributed by atoms with Gasteiger partial charge in [-0.3, -0.25) is 9.69 Å². The van der Waals surface area contributed by atoms with E-state index < -0.39 is 12.6 Å². The molecule has 3 aromatic carbocycles. The number of aromatic nitrogens is 1. The molecule has 6 rings (SSSR count). The molecule has 1 atom stereocenters. The van der Waals surface area contributed by atoms with Gasteiger partial charge in [0.05, 0.1) is 22.8 Å². The smallest absolute Gasteiger partial charge is 0.341 e. The molecule has 240 valence electrons. The van der Waals surface area contributed by atoms with Crippen molar-refractivity contribution in [1.29, 1.82) is 0 Å². The van der Waals surface area contributed by atoms with Crippen LogP contribution < -0.4 is 10.1 Å². The largest absolute Gasteiger partial charge is 0.482 e. The summed E-state index contributed by atoms with van der Waals surface area (Å²) in [6, 6.07) is 25.9. The van der Waals surface area contributed by atoms with E-state index in [2.05, 4.69) is 22.0 Å². The van der Waals surface area contributed by atoms with Crippen LogP contribution in [-0.4, -0.2) is 70.6 Å². The Bertz CT molecular complexity index is 1630. The van der Waals surface area contributed by atoms with Crippen LogP contribution in [0.3, 0.4) is 0 Å². The molecule has 2 fully saturated rings. The Morgan fingerprint density at radius 3 is 2.30 bits per heavy atom. The Hall–Kier alpha value is -4.27. The molecule has 1 aromatic heterocycles. The topological polar surface area (TPSA) is 95.0 Å². The van der Waals surface area contributed by atoms with Gasteiger partial charge in [-0.15, -0.1) is 0 Å². The lowest BCUT2D eigenvalue weighted by Gasteiger charge is -2.40. The van der Waals surface area contributed by atoms with Crippen LogP contribution >= 0.6 is 0 Å². The van der Waals surface area contributed by atoms with Crippen LogP contribution in [0.4, 0.5) is 0 Å². The van der Waals surface area contributed by atoms with Crippen molar-refractivity contribution < 1.29 is 19.4 Å². The number of nitrogens with zero attached hydrogens (tertiary/aromatic N) is 3. The van der Waals surface area contributed by atoms with Gasteiger partial charge in [0.15, 0.2) is 6.61 Å². The standard InChI is InChI=1S/C38H44N4O4/c1-2-33(27-12-6-3-7-13-27)40-38(45)36-31-17-16-30(46-26-35(43)44)24-34(31)39-37(28-14-8-4-9-15-28)32(36)25-41-22-18-29(19-23-41)42-20-10-5-11-21-42/h3-4,6-9,12-17,24,29,33H,2,5,10-11,18-23,25-26H2,1H3,(H,40,45)(H,43,44)/t33-/m0/s1. The lowest BCUT2D eigenvalue weighted by molar-refractivity contribution is -0.139. The molecule has 8 heteroatoms. The highest BCUT2D eigenvalue weighted by molar-refractivity contribution is 6.09. The number of carbonyl (C=O) groups excluding carboxylic acids is 1. The maximum absolute atomic E-state index is 14.5. The van der Waals surface area contributed by atoms with E-state index in [0.29, 0.717) is 29.4 Å². The zero-order chi connectivity index (χ0) is 31.9. The molecule has 8 nitrogen and oxygen atoms in total. The van der Waals surface area contributed by atoms with E-state index in [4.69, 9.17) is 9.72 Å². The number of aliphatic carboxylic acids is 1. The molecule has 2 aliphatic rings. The second kappa shape index (κ2) is 14.9. The van der Waals surface area contributed by atoms with Gasteiger partial charge in [-0.2, -0.15) is 0 Å². The van der Waals surface area contributed by atoms with E-state index in [-0.39, 0.29) is 11.9 Å². The number of carbonyl (C=O) groups is 2. The highest BCUT2D eigenvalue weighted by Gasteiger charge is 2.29. The predicted octanol–water partition coefficient (Wildman–Crippen LogP) is 6.70. The molecular weight excluding hydrogens is 576 g/mol. The molecule has 0 saturated carbocycles. The molecule has 2 saturated heterocycles. The number of hydrogen-bond acceptors (Lipinski definition) is 6. The molecular formula is C38H44N4O4. The van der Waals surface area contributed by atoms with E-state index in [1.165, 1.54) is 32.4 Å². The summed E-state index contributed by atoms with van der Waals surface area (Å²) in [5.74, 6) is -0.794. The van der Waals surface area contributed by atoms with Gasteiger partial charge >= 0.3 is 5.97 Å². The summed E-state index contributed by atoms with van der Waals surface area (Å²) in [5, 5.41) is 13.3.